The van der Waals surface area contributed by atoms with Crippen LogP contribution in [0, 0.1) is 5.92 Å². The monoisotopic (exact) mass is 334 g/mol. The molecular formula is C20H34N2O2. The number of hydrogen-bond donors (Lipinski definition) is 3. The van der Waals surface area contributed by atoms with Crippen molar-refractivity contribution >= 4 is 11.6 Å². The lowest BCUT2D eigenvalue weighted by Gasteiger charge is -2.31. The van der Waals surface area contributed by atoms with Crippen molar-refractivity contribution in [3.8, 4) is 0 Å². The number of carbonyl (C=O) groups excluding carboxylic acids is 1. The Morgan fingerprint density at radius 1 is 1.21 bits per heavy atom. The van der Waals surface area contributed by atoms with Crippen LogP contribution in [0.3, 0.4) is 0 Å². The minimum atomic E-state index is -0.760. The van der Waals surface area contributed by atoms with Gasteiger partial charge in [0.15, 0.2) is 0 Å². The second-order valence-corrected chi connectivity index (χ2v) is 7.44. The zero-order chi connectivity index (χ0) is 18.3. The van der Waals surface area contributed by atoms with Gasteiger partial charge in [-0.05, 0) is 37.3 Å². The van der Waals surface area contributed by atoms with Crippen LogP contribution >= 0.6 is 0 Å². The molecule has 0 spiro atoms. The molecule has 0 saturated carbocycles. The molecule has 24 heavy (non-hydrogen) atoms. The molecule has 3 N–H and O–H groups in total. The number of hydrogen-bond acceptors (Lipinski definition) is 3. The van der Waals surface area contributed by atoms with Crippen LogP contribution in [-0.2, 0) is 4.79 Å². The summed E-state index contributed by atoms with van der Waals surface area (Å²) in [5.74, 6) is 0.568. The van der Waals surface area contributed by atoms with Crippen LogP contribution in [0.4, 0.5) is 5.69 Å². The number of para-hydroxylation sites is 1. The minimum absolute atomic E-state index is 0.00624. The number of anilines is 1. The predicted octanol–water partition coefficient (Wildman–Crippen LogP) is 3.91. The van der Waals surface area contributed by atoms with Crippen molar-refractivity contribution < 1.29 is 9.90 Å². The van der Waals surface area contributed by atoms with Crippen LogP contribution in [-0.4, -0.2) is 29.2 Å². The van der Waals surface area contributed by atoms with E-state index in [9.17, 15) is 9.90 Å². The Kier molecular flexibility index (Phi) is 7.91. The number of rotatable bonds is 9. The minimum Gasteiger partial charge on any atom is -0.389 e. The zero-order valence-electron chi connectivity index (χ0n) is 16.0. The van der Waals surface area contributed by atoms with Crippen molar-refractivity contribution in [1.82, 2.24) is 5.32 Å². The molecular weight excluding hydrogens is 300 g/mol. The summed E-state index contributed by atoms with van der Waals surface area (Å²) in [6, 6.07) is 7.93. The molecule has 4 nitrogen and oxygen atoms in total. The van der Waals surface area contributed by atoms with E-state index >= 15 is 0 Å². The number of aliphatic hydroxyl groups is 1. The Labute approximate surface area is 147 Å². The highest BCUT2D eigenvalue weighted by atomic mass is 16.3. The summed E-state index contributed by atoms with van der Waals surface area (Å²) in [5, 5.41) is 16.7. The molecule has 0 radical (unpaired) electrons. The Morgan fingerprint density at radius 3 is 2.42 bits per heavy atom. The maximum atomic E-state index is 12.3. The third kappa shape index (κ3) is 6.25. The maximum Gasteiger partial charge on any atom is 0.225 e. The van der Waals surface area contributed by atoms with Gasteiger partial charge in [0.05, 0.1) is 5.60 Å². The van der Waals surface area contributed by atoms with Gasteiger partial charge in [0.1, 0.15) is 0 Å². The van der Waals surface area contributed by atoms with Gasteiger partial charge in [-0.2, -0.15) is 0 Å². The van der Waals surface area contributed by atoms with E-state index in [2.05, 4.69) is 31.4 Å². The first-order valence-electron chi connectivity index (χ1n) is 9.01. The predicted molar refractivity (Wildman–Crippen MR) is 101 cm³/mol. The number of nitrogens with one attached hydrogen (secondary N) is 2. The second kappa shape index (κ2) is 9.19. The molecule has 3 atom stereocenters. The van der Waals surface area contributed by atoms with E-state index in [-0.39, 0.29) is 17.9 Å². The van der Waals surface area contributed by atoms with Gasteiger partial charge >= 0.3 is 0 Å². The summed E-state index contributed by atoms with van der Waals surface area (Å²) in [5.41, 5.74) is 1.27. The van der Waals surface area contributed by atoms with E-state index in [1.165, 1.54) is 0 Å². The van der Waals surface area contributed by atoms with Gasteiger partial charge in [-0.3, -0.25) is 4.79 Å². The van der Waals surface area contributed by atoms with E-state index in [0.717, 1.165) is 17.7 Å². The summed E-state index contributed by atoms with van der Waals surface area (Å²) >= 11 is 0. The van der Waals surface area contributed by atoms with Crippen molar-refractivity contribution in [2.24, 2.45) is 5.92 Å². The fourth-order valence-electron chi connectivity index (χ4n) is 2.66. The number of carbonyl (C=O) groups is 1. The Bertz CT molecular complexity index is 526. The summed E-state index contributed by atoms with van der Waals surface area (Å²) in [6.07, 6.45) is 1.30. The van der Waals surface area contributed by atoms with E-state index in [4.69, 9.17) is 0 Å². The van der Waals surface area contributed by atoms with E-state index in [1.54, 1.807) is 0 Å². The van der Waals surface area contributed by atoms with Gasteiger partial charge in [-0.25, -0.2) is 0 Å². The van der Waals surface area contributed by atoms with Crippen LogP contribution in [0.25, 0.3) is 0 Å². The Balaban J connectivity index is 2.54. The molecule has 0 aliphatic carbocycles. The number of amides is 1. The molecule has 0 aliphatic rings. The molecule has 1 amide bonds. The highest BCUT2D eigenvalue weighted by Gasteiger charge is 2.27. The topological polar surface area (TPSA) is 61.4 Å². The average molecular weight is 335 g/mol. The summed E-state index contributed by atoms with van der Waals surface area (Å²) in [4.78, 5) is 12.3. The smallest absolute Gasteiger partial charge is 0.225 e. The molecule has 0 aliphatic heterocycles. The highest BCUT2D eigenvalue weighted by Crippen LogP contribution is 2.24. The molecule has 0 bridgehead atoms. The van der Waals surface area contributed by atoms with Crippen molar-refractivity contribution in [3.63, 3.8) is 0 Å². The Morgan fingerprint density at radius 2 is 1.83 bits per heavy atom. The van der Waals surface area contributed by atoms with Crippen LogP contribution in [0.2, 0.25) is 0 Å². The highest BCUT2D eigenvalue weighted by molar-refractivity contribution is 5.91. The first-order valence-corrected chi connectivity index (χ1v) is 9.01. The summed E-state index contributed by atoms with van der Waals surface area (Å²) < 4.78 is 0. The molecule has 3 unspecified atom stereocenters. The molecule has 0 heterocycles. The average Bonchev–Trinajstić information content (AvgIpc) is 2.52. The summed E-state index contributed by atoms with van der Waals surface area (Å²) in [6.45, 7) is 12.7. The summed E-state index contributed by atoms with van der Waals surface area (Å²) in [7, 11) is 0. The van der Waals surface area contributed by atoms with Crippen molar-refractivity contribution in [2.45, 2.75) is 71.9 Å². The maximum absolute atomic E-state index is 12.3. The van der Waals surface area contributed by atoms with Crippen LogP contribution in [0.1, 0.15) is 65.9 Å². The van der Waals surface area contributed by atoms with Crippen molar-refractivity contribution in [1.29, 1.82) is 0 Å². The SMILES string of the molecule is CCC(C)C(C)(O)CNC(C)CC(=O)Nc1ccccc1C(C)C. The van der Waals surface area contributed by atoms with Crippen LogP contribution in [0.15, 0.2) is 24.3 Å². The lowest BCUT2D eigenvalue weighted by atomic mass is 9.88. The van der Waals surface area contributed by atoms with Crippen LogP contribution in [0.5, 0.6) is 0 Å². The van der Waals surface area contributed by atoms with E-state index in [0.29, 0.717) is 18.9 Å². The molecule has 0 fully saturated rings. The molecule has 0 saturated heterocycles. The van der Waals surface area contributed by atoms with Gasteiger partial charge in [0, 0.05) is 24.7 Å². The molecule has 136 valence electrons. The van der Waals surface area contributed by atoms with E-state index < -0.39 is 5.60 Å². The molecule has 1 aromatic carbocycles. The third-order valence-corrected chi connectivity index (χ3v) is 4.83. The van der Waals surface area contributed by atoms with Gasteiger partial charge in [0.2, 0.25) is 5.91 Å². The lowest BCUT2D eigenvalue weighted by molar-refractivity contribution is -0.116. The first kappa shape index (κ1) is 20.7. The molecule has 1 rings (SSSR count). The normalized spacial score (nSPS) is 16.5. The lowest BCUT2D eigenvalue weighted by Crippen LogP contribution is -2.46. The standard InChI is InChI=1S/C20H34N2O2/c1-7-15(4)20(6,24)13-21-16(5)12-19(23)22-18-11-9-8-10-17(18)14(2)3/h8-11,14-16,21,24H,7,12-13H2,1-6H3,(H,22,23). The largest absolute Gasteiger partial charge is 0.389 e. The van der Waals surface area contributed by atoms with Gasteiger partial charge in [-0.15, -0.1) is 0 Å². The third-order valence-electron chi connectivity index (χ3n) is 4.83. The number of benzene rings is 1. The van der Waals surface area contributed by atoms with E-state index in [1.807, 2.05) is 45.0 Å². The quantitative estimate of drug-likeness (QED) is 0.641. The zero-order valence-corrected chi connectivity index (χ0v) is 16.0. The Hall–Kier alpha value is -1.39. The second-order valence-electron chi connectivity index (χ2n) is 7.44. The molecule has 1 aromatic rings. The van der Waals surface area contributed by atoms with Crippen molar-refractivity contribution in [2.75, 3.05) is 11.9 Å². The first-order chi connectivity index (χ1) is 11.2. The fourth-order valence-corrected chi connectivity index (χ4v) is 2.66. The van der Waals surface area contributed by atoms with Crippen LogP contribution < -0.4 is 10.6 Å². The van der Waals surface area contributed by atoms with Crippen molar-refractivity contribution in [3.05, 3.63) is 29.8 Å². The molecule has 4 heteroatoms. The molecule has 0 aromatic heterocycles. The van der Waals surface area contributed by atoms with Gasteiger partial charge in [0.25, 0.3) is 0 Å². The van der Waals surface area contributed by atoms with Gasteiger partial charge in [-0.1, -0.05) is 52.3 Å². The van der Waals surface area contributed by atoms with Gasteiger partial charge < -0.3 is 15.7 Å². The fraction of sp³-hybridized carbons (Fsp3) is 0.650.